The van der Waals surface area contributed by atoms with Crippen LogP contribution in [0.5, 0.6) is 0 Å². The Labute approximate surface area is 143 Å². The second-order valence-corrected chi connectivity index (χ2v) is 5.96. The van der Waals surface area contributed by atoms with E-state index in [0.29, 0.717) is 16.5 Å². The third kappa shape index (κ3) is 4.07. The molecule has 2 rings (SSSR count). The zero-order valence-electron chi connectivity index (χ0n) is 13.3. The number of amides is 1. The SMILES string of the molecule is CC(C)c1nc(C(=O)NCC(F)(F)CN)nn1-c1ccccc1Cl. The third-order valence-corrected chi connectivity index (χ3v) is 3.56. The highest BCUT2D eigenvalue weighted by atomic mass is 35.5. The average Bonchev–Trinajstić information content (AvgIpc) is 2.98. The third-order valence-electron chi connectivity index (χ3n) is 3.24. The van der Waals surface area contributed by atoms with Crippen LogP contribution in [0.4, 0.5) is 8.78 Å². The van der Waals surface area contributed by atoms with Crippen molar-refractivity contribution in [3.8, 4) is 5.69 Å². The number of nitrogens with one attached hydrogen (secondary N) is 1. The highest BCUT2D eigenvalue weighted by molar-refractivity contribution is 6.32. The van der Waals surface area contributed by atoms with Crippen LogP contribution in [-0.4, -0.2) is 39.7 Å². The molecule has 24 heavy (non-hydrogen) atoms. The minimum atomic E-state index is -3.18. The Balaban J connectivity index is 2.32. The Bertz CT molecular complexity index is 732. The molecule has 1 aromatic heterocycles. The van der Waals surface area contributed by atoms with Crippen LogP contribution in [0.1, 0.15) is 36.2 Å². The van der Waals surface area contributed by atoms with E-state index in [4.69, 9.17) is 17.3 Å². The minimum absolute atomic E-state index is 0.0548. The van der Waals surface area contributed by atoms with Gasteiger partial charge in [-0.05, 0) is 12.1 Å². The predicted octanol–water partition coefficient (Wildman–Crippen LogP) is 2.37. The second-order valence-electron chi connectivity index (χ2n) is 5.55. The van der Waals surface area contributed by atoms with Crippen LogP contribution in [-0.2, 0) is 0 Å². The normalized spacial score (nSPS) is 11.8. The van der Waals surface area contributed by atoms with Crippen molar-refractivity contribution in [2.45, 2.75) is 25.7 Å². The molecule has 0 unspecified atom stereocenters. The van der Waals surface area contributed by atoms with Crippen LogP contribution >= 0.6 is 11.6 Å². The van der Waals surface area contributed by atoms with Gasteiger partial charge in [-0.3, -0.25) is 4.79 Å². The van der Waals surface area contributed by atoms with Crippen molar-refractivity contribution >= 4 is 17.5 Å². The molecule has 1 amide bonds. The van der Waals surface area contributed by atoms with Gasteiger partial charge < -0.3 is 11.1 Å². The number of hydrogen-bond acceptors (Lipinski definition) is 4. The first-order valence-corrected chi connectivity index (χ1v) is 7.71. The first-order chi connectivity index (χ1) is 11.2. The summed E-state index contributed by atoms with van der Waals surface area (Å²) in [5.41, 5.74) is 5.50. The molecular weight excluding hydrogens is 340 g/mol. The number of para-hydroxylation sites is 1. The largest absolute Gasteiger partial charge is 0.343 e. The van der Waals surface area contributed by atoms with Crippen LogP contribution in [0, 0.1) is 0 Å². The highest BCUT2D eigenvalue weighted by Gasteiger charge is 2.28. The maximum Gasteiger partial charge on any atom is 0.291 e. The summed E-state index contributed by atoms with van der Waals surface area (Å²) in [6.45, 7) is 2.02. The van der Waals surface area contributed by atoms with E-state index in [-0.39, 0.29) is 11.7 Å². The predicted molar refractivity (Wildman–Crippen MR) is 86.8 cm³/mol. The lowest BCUT2D eigenvalue weighted by atomic mass is 10.2. The molecule has 2 aromatic rings. The van der Waals surface area contributed by atoms with E-state index in [9.17, 15) is 13.6 Å². The van der Waals surface area contributed by atoms with Crippen molar-refractivity contribution < 1.29 is 13.6 Å². The molecule has 3 N–H and O–H groups in total. The lowest BCUT2D eigenvalue weighted by Gasteiger charge is -2.13. The Morgan fingerprint density at radius 1 is 1.42 bits per heavy atom. The summed E-state index contributed by atoms with van der Waals surface area (Å²) in [4.78, 5) is 16.2. The van der Waals surface area contributed by atoms with E-state index in [1.165, 1.54) is 4.68 Å². The number of rotatable bonds is 6. The van der Waals surface area contributed by atoms with Crippen molar-refractivity contribution in [3.05, 3.63) is 40.9 Å². The summed E-state index contributed by atoms with van der Waals surface area (Å²) >= 11 is 6.16. The molecule has 1 heterocycles. The first kappa shape index (κ1) is 18.3. The van der Waals surface area contributed by atoms with Gasteiger partial charge in [-0.1, -0.05) is 37.6 Å². The summed E-state index contributed by atoms with van der Waals surface area (Å²) in [7, 11) is 0. The van der Waals surface area contributed by atoms with E-state index in [0.717, 1.165) is 0 Å². The van der Waals surface area contributed by atoms with Gasteiger partial charge in [0.2, 0.25) is 5.82 Å². The fourth-order valence-electron chi connectivity index (χ4n) is 1.96. The highest BCUT2D eigenvalue weighted by Crippen LogP contribution is 2.23. The van der Waals surface area contributed by atoms with E-state index in [1.54, 1.807) is 24.3 Å². The van der Waals surface area contributed by atoms with Gasteiger partial charge in [0.25, 0.3) is 11.8 Å². The molecule has 1 aromatic carbocycles. The number of nitrogens with zero attached hydrogens (tertiary/aromatic N) is 3. The van der Waals surface area contributed by atoms with Gasteiger partial charge in [0.1, 0.15) is 5.82 Å². The number of benzene rings is 1. The molecule has 0 saturated heterocycles. The summed E-state index contributed by atoms with van der Waals surface area (Å²) < 4.78 is 27.8. The van der Waals surface area contributed by atoms with E-state index in [1.807, 2.05) is 13.8 Å². The molecule has 0 saturated carbocycles. The Hall–Kier alpha value is -2.06. The molecule has 0 radical (unpaired) electrons. The zero-order chi connectivity index (χ0) is 17.9. The Kier molecular flexibility index (Phi) is 5.51. The van der Waals surface area contributed by atoms with Crippen molar-refractivity contribution in [3.63, 3.8) is 0 Å². The van der Waals surface area contributed by atoms with E-state index >= 15 is 0 Å². The van der Waals surface area contributed by atoms with Crippen molar-refractivity contribution in [2.75, 3.05) is 13.1 Å². The number of carbonyl (C=O) groups is 1. The lowest BCUT2D eigenvalue weighted by molar-refractivity contribution is 0.0117. The fraction of sp³-hybridized carbons (Fsp3) is 0.400. The molecule has 0 aliphatic rings. The van der Waals surface area contributed by atoms with Gasteiger partial charge in [0.15, 0.2) is 0 Å². The fourth-order valence-corrected chi connectivity index (χ4v) is 2.17. The quantitative estimate of drug-likeness (QED) is 0.831. The Morgan fingerprint density at radius 3 is 2.67 bits per heavy atom. The monoisotopic (exact) mass is 357 g/mol. The molecule has 0 aliphatic carbocycles. The number of aromatic nitrogens is 3. The summed E-state index contributed by atoms with van der Waals surface area (Å²) in [5, 5.41) is 6.65. The standard InChI is InChI=1S/C15H18ClF2N5O/c1-9(2)13-21-12(14(24)20-8-15(17,18)7-19)22-23(13)11-6-4-3-5-10(11)16/h3-6,9H,7-8,19H2,1-2H3,(H,20,24). The lowest BCUT2D eigenvalue weighted by Crippen LogP contribution is -2.41. The molecule has 6 nitrogen and oxygen atoms in total. The summed E-state index contributed by atoms with van der Waals surface area (Å²) in [6, 6.07) is 6.95. The van der Waals surface area contributed by atoms with Crippen LogP contribution in [0.15, 0.2) is 24.3 Å². The van der Waals surface area contributed by atoms with Gasteiger partial charge in [-0.25, -0.2) is 18.4 Å². The van der Waals surface area contributed by atoms with Gasteiger partial charge in [-0.15, -0.1) is 5.10 Å². The van der Waals surface area contributed by atoms with Crippen molar-refractivity contribution in [1.82, 2.24) is 20.1 Å². The molecule has 0 bridgehead atoms. The van der Waals surface area contributed by atoms with E-state index in [2.05, 4.69) is 15.4 Å². The summed E-state index contributed by atoms with van der Waals surface area (Å²) in [6.07, 6.45) is 0. The maximum absolute atomic E-state index is 13.2. The van der Waals surface area contributed by atoms with Crippen LogP contribution in [0.2, 0.25) is 5.02 Å². The van der Waals surface area contributed by atoms with Crippen LogP contribution < -0.4 is 11.1 Å². The second kappa shape index (κ2) is 7.23. The molecular formula is C15H18ClF2N5O. The van der Waals surface area contributed by atoms with Gasteiger partial charge >= 0.3 is 0 Å². The number of carbonyl (C=O) groups excluding carboxylic acids is 1. The van der Waals surface area contributed by atoms with E-state index < -0.39 is 24.9 Å². The summed E-state index contributed by atoms with van der Waals surface area (Å²) in [5.74, 6) is -3.73. The molecule has 0 fully saturated rings. The van der Waals surface area contributed by atoms with Crippen LogP contribution in [0.3, 0.4) is 0 Å². The molecule has 130 valence electrons. The van der Waals surface area contributed by atoms with Crippen LogP contribution in [0.25, 0.3) is 5.69 Å². The maximum atomic E-state index is 13.2. The number of halogens is 3. The first-order valence-electron chi connectivity index (χ1n) is 7.33. The molecule has 0 aliphatic heterocycles. The smallest absolute Gasteiger partial charge is 0.291 e. The van der Waals surface area contributed by atoms with Crippen molar-refractivity contribution in [2.24, 2.45) is 5.73 Å². The number of alkyl halides is 2. The van der Waals surface area contributed by atoms with Gasteiger partial charge in [0, 0.05) is 5.92 Å². The average molecular weight is 358 g/mol. The van der Waals surface area contributed by atoms with Crippen molar-refractivity contribution in [1.29, 1.82) is 0 Å². The zero-order valence-corrected chi connectivity index (χ0v) is 14.0. The number of nitrogens with two attached hydrogens (primary N) is 1. The molecule has 0 atom stereocenters. The Morgan fingerprint density at radius 2 is 2.08 bits per heavy atom. The molecule has 0 spiro atoms. The van der Waals surface area contributed by atoms with Gasteiger partial charge in [-0.2, -0.15) is 0 Å². The number of hydrogen-bond donors (Lipinski definition) is 2. The van der Waals surface area contributed by atoms with Gasteiger partial charge in [0.05, 0.1) is 23.8 Å². The topological polar surface area (TPSA) is 85.8 Å². The minimum Gasteiger partial charge on any atom is -0.343 e. The molecule has 9 heteroatoms.